The summed E-state index contributed by atoms with van der Waals surface area (Å²) in [7, 11) is 0. The summed E-state index contributed by atoms with van der Waals surface area (Å²) in [6.07, 6.45) is 2.29. The molecule has 1 aromatic heterocycles. The lowest BCUT2D eigenvalue weighted by Gasteiger charge is -2.35. The zero-order valence-corrected chi connectivity index (χ0v) is 17.5. The molecule has 1 aliphatic rings. The number of hydrogen-bond acceptors (Lipinski definition) is 3. The van der Waals surface area contributed by atoms with Gasteiger partial charge in [-0.15, -0.1) is 11.3 Å². The fraction of sp³-hybridized carbons (Fsp3) is 0.200. The molecule has 3 aromatic rings. The van der Waals surface area contributed by atoms with Crippen molar-refractivity contribution < 1.29 is 0 Å². The van der Waals surface area contributed by atoms with Crippen LogP contribution in [0.25, 0.3) is 11.4 Å². The van der Waals surface area contributed by atoms with Gasteiger partial charge < -0.3 is 0 Å². The lowest BCUT2D eigenvalue weighted by atomic mass is 9.87. The minimum Gasteiger partial charge on any atom is -0.277 e. The first-order valence-electron chi connectivity index (χ1n) is 9.61. The topological polar surface area (TPSA) is 6.48 Å². The zero-order chi connectivity index (χ0) is 19.7. The number of thiophene rings is 1. The predicted octanol–water partition coefficient (Wildman–Crippen LogP) is 6.79. The summed E-state index contributed by atoms with van der Waals surface area (Å²) in [5.41, 5.74) is 5.98. The maximum Gasteiger partial charge on any atom is 0.0783 e. The van der Waals surface area contributed by atoms with Gasteiger partial charge >= 0.3 is 0 Å². The van der Waals surface area contributed by atoms with Crippen LogP contribution in [-0.2, 0) is 5.41 Å². The number of benzene rings is 2. The van der Waals surface area contributed by atoms with Crippen molar-refractivity contribution in [2.24, 2.45) is 0 Å². The molecule has 2 heterocycles. The summed E-state index contributed by atoms with van der Waals surface area (Å²) in [4.78, 5) is 1.26. The molecule has 4 rings (SSSR count). The van der Waals surface area contributed by atoms with Gasteiger partial charge in [-0.1, -0.05) is 75.9 Å². The Morgan fingerprint density at radius 1 is 0.929 bits per heavy atom. The largest absolute Gasteiger partial charge is 0.277 e. The van der Waals surface area contributed by atoms with Gasteiger partial charge in [-0.3, -0.25) is 10.0 Å². The van der Waals surface area contributed by atoms with Crippen LogP contribution in [0.4, 0.5) is 5.69 Å². The van der Waals surface area contributed by atoms with E-state index in [1.54, 1.807) is 11.3 Å². The smallest absolute Gasteiger partial charge is 0.0783 e. The van der Waals surface area contributed by atoms with E-state index < -0.39 is 0 Å². The highest BCUT2D eigenvalue weighted by Gasteiger charge is 2.29. The van der Waals surface area contributed by atoms with Gasteiger partial charge in [-0.25, -0.2) is 0 Å². The first-order chi connectivity index (χ1) is 13.4. The van der Waals surface area contributed by atoms with E-state index in [1.807, 2.05) is 6.07 Å². The van der Waals surface area contributed by atoms with Gasteiger partial charge in [-0.2, -0.15) is 0 Å². The Hall–Kier alpha value is -2.78. The maximum absolute atomic E-state index is 4.45. The van der Waals surface area contributed by atoms with Crippen molar-refractivity contribution in [1.82, 2.24) is 5.01 Å². The third kappa shape index (κ3) is 3.50. The Labute approximate surface area is 172 Å². The SMILES string of the molecule is C=C(c1ccccc1)N1C(c2cccs2)=CCN1c1ccc(C(C)(C)C)cc1. The van der Waals surface area contributed by atoms with Crippen molar-refractivity contribution in [2.45, 2.75) is 26.2 Å². The van der Waals surface area contributed by atoms with E-state index in [0.717, 1.165) is 17.8 Å². The summed E-state index contributed by atoms with van der Waals surface area (Å²) in [6.45, 7) is 12.0. The van der Waals surface area contributed by atoms with Gasteiger partial charge in [0, 0.05) is 0 Å². The quantitative estimate of drug-likeness (QED) is 0.487. The molecule has 0 fully saturated rings. The average Bonchev–Trinajstić information content (AvgIpc) is 3.37. The van der Waals surface area contributed by atoms with Crippen molar-refractivity contribution in [2.75, 3.05) is 11.6 Å². The molecular weight excluding hydrogens is 360 g/mol. The van der Waals surface area contributed by atoms with Gasteiger partial charge in [0.05, 0.1) is 28.5 Å². The van der Waals surface area contributed by atoms with E-state index in [2.05, 4.69) is 109 Å². The molecule has 1 aliphatic heterocycles. The lowest BCUT2D eigenvalue weighted by Crippen LogP contribution is -2.35. The summed E-state index contributed by atoms with van der Waals surface area (Å²) in [5.74, 6) is 0. The molecule has 0 saturated heterocycles. The van der Waals surface area contributed by atoms with E-state index in [0.29, 0.717) is 0 Å². The van der Waals surface area contributed by atoms with E-state index in [9.17, 15) is 0 Å². The predicted molar refractivity (Wildman–Crippen MR) is 122 cm³/mol. The fourth-order valence-corrected chi connectivity index (χ4v) is 4.25. The van der Waals surface area contributed by atoms with Gasteiger partial charge in [0.15, 0.2) is 0 Å². The van der Waals surface area contributed by atoms with Crippen LogP contribution in [0, 0.1) is 0 Å². The second-order valence-corrected chi connectivity index (χ2v) is 9.02. The van der Waals surface area contributed by atoms with Gasteiger partial charge in [-0.05, 0) is 46.2 Å². The van der Waals surface area contributed by atoms with E-state index >= 15 is 0 Å². The Bertz CT molecular complexity index is 977. The number of hydrazine groups is 1. The summed E-state index contributed by atoms with van der Waals surface area (Å²) < 4.78 is 0. The van der Waals surface area contributed by atoms with Crippen molar-refractivity contribution in [3.05, 3.63) is 101 Å². The molecule has 3 heteroatoms. The first kappa shape index (κ1) is 18.6. The van der Waals surface area contributed by atoms with Crippen molar-refractivity contribution in [3.63, 3.8) is 0 Å². The van der Waals surface area contributed by atoms with Crippen LogP contribution in [0.3, 0.4) is 0 Å². The molecule has 0 spiro atoms. The molecule has 142 valence electrons. The van der Waals surface area contributed by atoms with Crippen LogP contribution in [0.1, 0.15) is 36.8 Å². The Morgan fingerprint density at radius 2 is 1.64 bits per heavy atom. The highest BCUT2D eigenvalue weighted by molar-refractivity contribution is 7.11. The molecular formula is C25H26N2S. The summed E-state index contributed by atoms with van der Waals surface area (Å²) in [6, 6.07) is 23.6. The maximum atomic E-state index is 4.45. The van der Waals surface area contributed by atoms with E-state index in [-0.39, 0.29) is 5.41 Å². The minimum absolute atomic E-state index is 0.150. The molecule has 0 aliphatic carbocycles. The monoisotopic (exact) mass is 386 g/mol. The Morgan fingerprint density at radius 3 is 2.25 bits per heavy atom. The van der Waals surface area contributed by atoms with E-state index in [1.165, 1.54) is 21.8 Å². The normalized spacial score (nSPS) is 14.3. The fourth-order valence-electron chi connectivity index (χ4n) is 3.50. The molecule has 0 N–H and O–H groups in total. The third-order valence-corrected chi connectivity index (χ3v) is 5.99. The molecule has 0 atom stereocenters. The molecule has 0 radical (unpaired) electrons. The van der Waals surface area contributed by atoms with Crippen LogP contribution in [0.2, 0.25) is 0 Å². The van der Waals surface area contributed by atoms with Gasteiger partial charge in [0.1, 0.15) is 0 Å². The molecule has 2 aromatic carbocycles. The third-order valence-electron chi connectivity index (χ3n) is 5.09. The van der Waals surface area contributed by atoms with Crippen molar-refractivity contribution in [1.29, 1.82) is 0 Å². The molecule has 0 saturated carbocycles. The lowest BCUT2D eigenvalue weighted by molar-refractivity contribution is 0.548. The highest BCUT2D eigenvalue weighted by atomic mass is 32.1. The first-order valence-corrected chi connectivity index (χ1v) is 10.5. The van der Waals surface area contributed by atoms with Crippen molar-refractivity contribution in [3.8, 4) is 0 Å². The summed E-state index contributed by atoms with van der Waals surface area (Å²) >= 11 is 1.76. The molecule has 0 bridgehead atoms. The van der Waals surface area contributed by atoms with Gasteiger partial charge in [0.25, 0.3) is 0 Å². The van der Waals surface area contributed by atoms with Crippen LogP contribution in [-0.4, -0.2) is 11.6 Å². The number of anilines is 1. The Balaban J connectivity index is 1.71. The van der Waals surface area contributed by atoms with Crippen LogP contribution < -0.4 is 5.01 Å². The molecule has 0 unspecified atom stereocenters. The second-order valence-electron chi connectivity index (χ2n) is 8.07. The molecule has 0 amide bonds. The van der Waals surface area contributed by atoms with Crippen LogP contribution >= 0.6 is 11.3 Å². The zero-order valence-electron chi connectivity index (χ0n) is 16.7. The molecule has 2 nitrogen and oxygen atoms in total. The van der Waals surface area contributed by atoms with Crippen LogP contribution in [0.15, 0.2) is 84.8 Å². The van der Waals surface area contributed by atoms with Gasteiger partial charge in [0.2, 0.25) is 0 Å². The number of hydrogen-bond donors (Lipinski definition) is 0. The standard InChI is InChI=1S/C25H26N2S/c1-19(20-9-6-5-7-10-20)27-23(24-11-8-18-28-24)16-17-26(27)22-14-12-21(13-15-22)25(2,3)4/h5-16,18H,1,17H2,2-4H3. The highest BCUT2D eigenvalue weighted by Crippen LogP contribution is 2.38. The molecule has 28 heavy (non-hydrogen) atoms. The minimum atomic E-state index is 0.150. The second kappa shape index (κ2) is 7.33. The number of nitrogens with zero attached hydrogens (tertiary/aromatic N) is 2. The Kier molecular flexibility index (Phi) is 4.86. The average molecular weight is 387 g/mol. The van der Waals surface area contributed by atoms with E-state index in [4.69, 9.17) is 0 Å². The summed E-state index contributed by atoms with van der Waals surface area (Å²) in [5, 5.41) is 6.69. The van der Waals surface area contributed by atoms with Crippen LogP contribution in [0.5, 0.6) is 0 Å². The van der Waals surface area contributed by atoms with Crippen molar-refractivity contribution >= 4 is 28.4 Å². The number of rotatable bonds is 4.